The number of fused-ring (bicyclic) bond motifs is 3. The molecule has 1 amide bonds. The van der Waals surface area contributed by atoms with Gasteiger partial charge in [-0.25, -0.2) is 4.79 Å². The minimum Gasteiger partial charge on any atom is -0.460 e. The fourth-order valence-electron chi connectivity index (χ4n) is 12.1. The normalized spacial score (nSPS) is 35.7. The number of rotatable bonds is 16. The monoisotopic (exact) mass is 1110 g/mol. The molecule has 2 bridgehead atoms. The number of cyclic esters (lactones) is 1. The van der Waals surface area contributed by atoms with Gasteiger partial charge in [-0.3, -0.25) is 24.1 Å². The van der Waals surface area contributed by atoms with E-state index in [1.54, 1.807) is 41.1 Å². The van der Waals surface area contributed by atoms with Crippen molar-refractivity contribution in [1.29, 1.82) is 0 Å². The first-order valence-electron chi connectivity index (χ1n) is 29.8. The smallest absolute Gasteiger partial charge is 0.329 e. The van der Waals surface area contributed by atoms with Gasteiger partial charge in [0, 0.05) is 97.9 Å². The topological polar surface area (TPSA) is 206 Å². The molecular formula is C62H100N2O15. The predicted molar refractivity (Wildman–Crippen MR) is 301 cm³/mol. The fourth-order valence-corrected chi connectivity index (χ4v) is 12.1. The van der Waals surface area contributed by atoms with Crippen molar-refractivity contribution in [3.05, 3.63) is 47.6 Å². The highest BCUT2D eigenvalue weighted by Gasteiger charge is 2.53. The molecule has 0 radical (unpaired) electrons. The summed E-state index contributed by atoms with van der Waals surface area (Å²) >= 11 is 0. The minimum absolute atomic E-state index is 0.00698. The molecule has 17 heteroatoms. The van der Waals surface area contributed by atoms with Crippen LogP contribution in [0, 0.1) is 35.5 Å². The molecule has 0 aromatic heterocycles. The van der Waals surface area contributed by atoms with Crippen LogP contribution in [0.25, 0.3) is 0 Å². The van der Waals surface area contributed by atoms with Crippen molar-refractivity contribution in [3.8, 4) is 0 Å². The van der Waals surface area contributed by atoms with E-state index in [9.17, 15) is 34.2 Å². The van der Waals surface area contributed by atoms with Crippen molar-refractivity contribution in [2.45, 2.75) is 199 Å². The van der Waals surface area contributed by atoms with Crippen molar-refractivity contribution >= 4 is 29.2 Å². The van der Waals surface area contributed by atoms with Crippen molar-refractivity contribution in [2.75, 3.05) is 80.5 Å². The Balaban J connectivity index is 1.42. The largest absolute Gasteiger partial charge is 0.460 e. The van der Waals surface area contributed by atoms with E-state index < -0.39 is 77.8 Å². The molecule has 4 heterocycles. The average molecular weight is 1110 g/mol. The lowest BCUT2D eigenvalue weighted by atomic mass is 9.78. The Hall–Kier alpha value is -3.49. The lowest BCUT2D eigenvalue weighted by Crippen LogP contribution is -2.61. The second-order valence-electron chi connectivity index (χ2n) is 23.6. The summed E-state index contributed by atoms with van der Waals surface area (Å²) < 4.78 is 48.0. The van der Waals surface area contributed by atoms with E-state index in [0.29, 0.717) is 70.3 Å². The van der Waals surface area contributed by atoms with E-state index in [1.807, 2.05) is 58.1 Å². The number of aliphatic hydroxyl groups is 2. The van der Waals surface area contributed by atoms with Gasteiger partial charge >= 0.3 is 5.97 Å². The maximum Gasteiger partial charge on any atom is 0.329 e. The molecule has 448 valence electrons. The number of carbonyl (C=O) groups excluding carboxylic acids is 5. The number of methoxy groups -OCH3 is 3. The lowest BCUT2D eigenvalue weighted by Gasteiger charge is -2.43. The van der Waals surface area contributed by atoms with Crippen LogP contribution < -0.4 is 0 Å². The fraction of sp³-hybridized carbons (Fsp3) is 0.790. The Labute approximate surface area is 472 Å². The standard InChI is InChI=1S/C62H100N2O15/c1-41-19-12-11-13-20-42(2)53(77-31-17-16-30-72-8)39-49-24-22-47(7)62(71,79-49)59(68)60(69)64-27-15-14-21-50(64)61(70)78-54(40-51(65)43(3)36-46(6)57(67)58(74-10)56(66)45(5)35-41)44(4)37-48-23-25-52(55(38-48)73-9)76-32-18-26-63-28-33-75-34-29-63/h11-13,19-20,36,41,43-45,47-50,52-55,57-58,67,71H,14-18,21-35,37-40H2,1-10H3/b13-11?,19-12+,42-20?,46-36+/t41-,43-,44-,45-,47-,48+,49+,50?,52-,53?,54+,55-,57-,58+,62-/m1/s1. The predicted octanol–water partition coefficient (Wildman–Crippen LogP) is 7.72. The molecule has 0 aromatic carbocycles. The Bertz CT molecular complexity index is 2050. The molecule has 1 aliphatic carbocycles. The molecule has 4 aliphatic heterocycles. The number of carbonyl (C=O) groups is 5. The number of nitrogens with zero attached hydrogens (tertiary/aromatic N) is 2. The number of Topliss-reactive ketones (excluding diaryl/α,β-unsaturated/α-hetero) is 3. The Morgan fingerprint density at radius 1 is 0.785 bits per heavy atom. The third-order valence-electron chi connectivity index (χ3n) is 17.3. The molecule has 1 saturated carbocycles. The summed E-state index contributed by atoms with van der Waals surface area (Å²) in [7, 11) is 4.76. The number of amides is 1. The molecule has 5 aliphatic rings. The van der Waals surface area contributed by atoms with Gasteiger partial charge in [-0.05, 0) is 126 Å². The van der Waals surface area contributed by atoms with Crippen LogP contribution in [-0.4, -0.2) is 184 Å². The third kappa shape index (κ3) is 19.8. The molecule has 3 saturated heterocycles. The molecule has 4 fully saturated rings. The van der Waals surface area contributed by atoms with E-state index in [2.05, 4.69) is 4.90 Å². The maximum atomic E-state index is 14.7. The zero-order chi connectivity index (χ0) is 57.6. The number of unbranched alkanes of at least 4 members (excludes halogenated alkanes) is 1. The molecular weight excluding hydrogens is 1010 g/mol. The number of piperidine rings is 1. The lowest BCUT2D eigenvalue weighted by molar-refractivity contribution is -0.266. The van der Waals surface area contributed by atoms with Crippen LogP contribution in [0.5, 0.6) is 0 Å². The van der Waals surface area contributed by atoms with Crippen LogP contribution in [0.4, 0.5) is 0 Å². The number of ketones is 3. The van der Waals surface area contributed by atoms with Gasteiger partial charge in [0.15, 0.2) is 5.78 Å². The summed E-state index contributed by atoms with van der Waals surface area (Å²) in [5.74, 6) is -7.88. The maximum absolute atomic E-state index is 14.7. The number of esters is 1. The molecule has 2 N–H and O–H groups in total. The van der Waals surface area contributed by atoms with Crippen LogP contribution in [0.2, 0.25) is 0 Å². The van der Waals surface area contributed by atoms with Crippen LogP contribution in [0.15, 0.2) is 47.6 Å². The molecule has 17 nitrogen and oxygen atoms in total. The summed E-state index contributed by atoms with van der Waals surface area (Å²) in [5.41, 5.74) is 1.30. The van der Waals surface area contributed by atoms with Gasteiger partial charge < -0.3 is 53.0 Å². The van der Waals surface area contributed by atoms with Gasteiger partial charge in [-0.15, -0.1) is 0 Å². The molecule has 0 spiro atoms. The molecule has 2 unspecified atom stereocenters. The number of hydrogen-bond acceptors (Lipinski definition) is 16. The zero-order valence-corrected chi connectivity index (χ0v) is 49.6. The minimum atomic E-state index is -2.45. The van der Waals surface area contributed by atoms with Crippen LogP contribution >= 0.6 is 0 Å². The van der Waals surface area contributed by atoms with E-state index in [0.717, 1.165) is 76.9 Å². The van der Waals surface area contributed by atoms with Crippen LogP contribution in [-0.2, 0) is 61.9 Å². The van der Waals surface area contributed by atoms with Crippen molar-refractivity contribution in [1.82, 2.24) is 9.80 Å². The van der Waals surface area contributed by atoms with E-state index in [-0.39, 0.29) is 60.9 Å². The molecule has 0 aromatic rings. The van der Waals surface area contributed by atoms with Crippen LogP contribution in [0.3, 0.4) is 0 Å². The second-order valence-corrected chi connectivity index (χ2v) is 23.6. The van der Waals surface area contributed by atoms with Crippen molar-refractivity contribution in [2.24, 2.45) is 35.5 Å². The Morgan fingerprint density at radius 2 is 1.52 bits per heavy atom. The van der Waals surface area contributed by atoms with E-state index in [1.165, 1.54) is 12.0 Å². The Morgan fingerprint density at radius 3 is 2.24 bits per heavy atom. The zero-order valence-electron chi connectivity index (χ0n) is 49.6. The van der Waals surface area contributed by atoms with Gasteiger partial charge in [-0.1, -0.05) is 71.1 Å². The molecule has 15 atom stereocenters. The first-order valence-corrected chi connectivity index (χ1v) is 29.8. The average Bonchev–Trinajstić information content (AvgIpc) is 3.47. The number of aliphatic hydroxyl groups excluding tert-OH is 1. The van der Waals surface area contributed by atoms with Gasteiger partial charge in [0.05, 0.1) is 37.6 Å². The quantitative estimate of drug-likeness (QED) is 0.0657. The number of morpholine rings is 1. The summed E-state index contributed by atoms with van der Waals surface area (Å²) in [4.78, 5) is 75.7. The molecule has 5 rings (SSSR count). The summed E-state index contributed by atoms with van der Waals surface area (Å²) in [6, 6.07) is -1.15. The third-order valence-corrected chi connectivity index (χ3v) is 17.3. The summed E-state index contributed by atoms with van der Waals surface area (Å²) in [5, 5.41) is 23.8. The SMILES string of the molecule is COCCCCOC1C[C@@H]2CC[C@@H](C)[C@@](O)(O2)C(=O)C(=O)N2CCCCC2C(=O)O[C@H]([C@H](C)C[C@@H]2CC[C@@H](OCCCN3CCOCC3)[C@H](OC)C2)CC(=O)[C@H](C)/C=C(\C)[C@@H](O)[C@@H](OC)C(=O)[C@H](C)C[C@H](C)/C=C/C=CC=C1C. The number of allylic oxidation sites excluding steroid dienone is 6. The highest BCUT2D eigenvalue weighted by Crippen LogP contribution is 2.38. The first-order chi connectivity index (χ1) is 37.8. The molecule has 79 heavy (non-hydrogen) atoms. The number of ether oxygens (including phenoxy) is 8. The first kappa shape index (κ1) is 66.3. The van der Waals surface area contributed by atoms with Gasteiger partial charge in [0.1, 0.15) is 30.1 Å². The van der Waals surface area contributed by atoms with Crippen LogP contribution in [0.1, 0.15) is 145 Å². The number of hydrogen-bond donors (Lipinski definition) is 2. The van der Waals surface area contributed by atoms with Gasteiger partial charge in [0.25, 0.3) is 11.7 Å². The summed E-state index contributed by atoms with van der Waals surface area (Å²) in [6.45, 7) is 19.0. The van der Waals surface area contributed by atoms with E-state index >= 15 is 0 Å². The van der Waals surface area contributed by atoms with Gasteiger partial charge in [-0.2, -0.15) is 0 Å². The van der Waals surface area contributed by atoms with Crippen molar-refractivity contribution in [3.63, 3.8) is 0 Å². The van der Waals surface area contributed by atoms with Gasteiger partial charge in [0.2, 0.25) is 5.79 Å². The highest BCUT2D eigenvalue weighted by atomic mass is 16.6. The summed E-state index contributed by atoms with van der Waals surface area (Å²) in [6.07, 6.45) is 15.1. The second kappa shape index (κ2) is 33.6. The van der Waals surface area contributed by atoms with Crippen molar-refractivity contribution < 1.29 is 72.1 Å². The highest BCUT2D eigenvalue weighted by molar-refractivity contribution is 6.39. The Kier molecular flexibility index (Phi) is 28.2. The van der Waals surface area contributed by atoms with E-state index in [4.69, 9.17) is 37.9 Å².